The lowest BCUT2D eigenvalue weighted by atomic mass is 10.1. The third-order valence-electron chi connectivity index (χ3n) is 7.33. The van der Waals surface area contributed by atoms with Crippen molar-refractivity contribution in [1.29, 1.82) is 0 Å². The van der Waals surface area contributed by atoms with E-state index in [4.69, 9.17) is 9.72 Å². The predicted octanol–water partition coefficient (Wildman–Crippen LogP) is 5.44. The number of aryl methyl sites for hydroxylation is 1. The average molecular weight is 593 g/mol. The van der Waals surface area contributed by atoms with Crippen molar-refractivity contribution in [3.05, 3.63) is 83.9 Å². The topological polar surface area (TPSA) is 83.0 Å². The van der Waals surface area contributed by atoms with Crippen molar-refractivity contribution >= 4 is 48.3 Å². The van der Waals surface area contributed by atoms with Gasteiger partial charge in [0.25, 0.3) is 15.9 Å². The van der Waals surface area contributed by atoms with Gasteiger partial charge in [0.05, 0.1) is 34.0 Å². The molecule has 0 N–H and O–H groups in total. The number of ether oxygens (including phenoxy) is 1. The van der Waals surface area contributed by atoms with Gasteiger partial charge in [0, 0.05) is 38.3 Å². The third-order valence-corrected chi connectivity index (χ3v) is 10.3. The molecule has 1 amide bonds. The van der Waals surface area contributed by atoms with Crippen LogP contribution in [0, 0.1) is 0 Å². The molecule has 0 atom stereocenters. The molecule has 1 saturated heterocycles. The van der Waals surface area contributed by atoms with Gasteiger partial charge in [0.15, 0.2) is 5.13 Å². The van der Waals surface area contributed by atoms with E-state index in [0.29, 0.717) is 29.5 Å². The summed E-state index contributed by atoms with van der Waals surface area (Å²) in [7, 11) is -3.79. The monoisotopic (exact) mass is 592 g/mol. The van der Waals surface area contributed by atoms with E-state index in [0.717, 1.165) is 61.5 Å². The Hall–Kier alpha value is -3.31. The van der Waals surface area contributed by atoms with Crippen molar-refractivity contribution in [2.75, 3.05) is 55.1 Å². The van der Waals surface area contributed by atoms with E-state index in [-0.39, 0.29) is 10.8 Å². The number of amides is 1. The van der Waals surface area contributed by atoms with Crippen LogP contribution in [0.1, 0.15) is 36.2 Å². The predicted molar refractivity (Wildman–Crippen MR) is 166 cm³/mol. The number of morpholine rings is 1. The lowest BCUT2D eigenvalue weighted by Crippen LogP contribution is -2.39. The van der Waals surface area contributed by atoms with Crippen molar-refractivity contribution < 1.29 is 17.9 Å². The fourth-order valence-corrected chi connectivity index (χ4v) is 7.61. The van der Waals surface area contributed by atoms with Gasteiger partial charge in [0.2, 0.25) is 0 Å². The Kier molecular flexibility index (Phi) is 9.34. The van der Waals surface area contributed by atoms with Crippen LogP contribution in [0.2, 0.25) is 0 Å². The van der Waals surface area contributed by atoms with Crippen molar-refractivity contribution in [3.8, 4) is 0 Å². The molecule has 216 valence electrons. The van der Waals surface area contributed by atoms with Crippen LogP contribution in [0.5, 0.6) is 0 Å². The van der Waals surface area contributed by atoms with E-state index >= 15 is 0 Å². The number of anilines is 2. The minimum absolute atomic E-state index is 0.145. The maximum Gasteiger partial charge on any atom is 0.264 e. The number of hydrogen-bond donors (Lipinski definition) is 0. The van der Waals surface area contributed by atoms with Crippen LogP contribution in [0.3, 0.4) is 0 Å². The van der Waals surface area contributed by atoms with Gasteiger partial charge < -0.3 is 4.74 Å². The van der Waals surface area contributed by atoms with Crippen LogP contribution in [0.4, 0.5) is 10.8 Å². The van der Waals surface area contributed by atoms with Gasteiger partial charge >= 0.3 is 0 Å². The smallest absolute Gasteiger partial charge is 0.264 e. The van der Waals surface area contributed by atoms with E-state index in [9.17, 15) is 13.2 Å². The second-order valence-corrected chi connectivity index (χ2v) is 12.8. The van der Waals surface area contributed by atoms with Crippen LogP contribution in [-0.4, -0.2) is 70.1 Å². The molecule has 0 saturated carbocycles. The molecule has 0 spiro atoms. The molecule has 2 heterocycles. The van der Waals surface area contributed by atoms with Crippen LogP contribution in [-0.2, 0) is 21.2 Å². The molecular weight excluding hydrogens is 556 g/mol. The zero-order valence-corrected chi connectivity index (χ0v) is 25.2. The second-order valence-electron chi connectivity index (χ2n) is 9.91. The van der Waals surface area contributed by atoms with Gasteiger partial charge in [-0.25, -0.2) is 13.4 Å². The molecule has 3 aromatic carbocycles. The highest BCUT2D eigenvalue weighted by atomic mass is 32.2. The van der Waals surface area contributed by atoms with E-state index in [1.807, 2.05) is 30.3 Å². The number of thiazole rings is 1. The quantitative estimate of drug-likeness (QED) is 0.231. The summed E-state index contributed by atoms with van der Waals surface area (Å²) in [6.45, 7) is 8.82. The maximum atomic E-state index is 13.9. The van der Waals surface area contributed by atoms with Crippen molar-refractivity contribution in [3.63, 3.8) is 0 Å². The first-order valence-corrected chi connectivity index (χ1v) is 16.4. The summed E-state index contributed by atoms with van der Waals surface area (Å²) in [6.07, 6.45) is 1.65. The number of rotatable bonds is 11. The minimum atomic E-state index is -3.79. The SMILES string of the molecule is CCc1cccc2sc(N(CCCN3CCOCC3)C(=O)c3ccc(S(=O)(=O)N(CC)c4ccccc4)cc3)nc12. The number of fused-ring (bicyclic) bond motifs is 1. The van der Waals surface area contributed by atoms with E-state index in [1.165, 1.54) is 27.8 Å². The van der Waals surface area contributed by atoms with Gasteiger partial charge in [-0.05, 0) is 67.8 Å². The lowest BCUT2D eigenvalue weighted by Gasteiger charge is -2.27. The molecule has 5 rings (SSSR count). The van der Waals surface area contributed by atoms with Gasteiger partial charge in [-0.1, -0.05) is 48.6 Å². The highest BCUT2D eigenvalue weighted by Gasteiger charge is 2.26. The number of hydrogen-bond acceptors (Lipinski definition) is 7. The maximum absolute atomic E-state index is 13.9. The summed E-state index contributed by atoms with van der Waals surface area (Å²) < 4.78 is 34.8. The second kappa shape index (κ2) is 13.1. The van der Waals surface area contributed by atoms with Crippen molar-refractivity contribution in [2.45, 2.75) is 31.6 Å². The highest BCUT2D eigenvalue weighted by molar-refractivity contribution is 7.92. The highest BCUT2D eigenvalue weighted by Crippen LogP contribution is 2.32. The first-order chi connectivity index (χ1) is 19.9. The lowest BCUT2D eigenvalue weighted by molar-refractivity contribution is 0.0376. The summed E-state index contributed by atoms with van der Waals surface area (Å²) in [5.74, 6) is -0.191. The Morgan fingerprint density at radius 1 is 0.976 bits per heavy atom. The molecule has 1 fully saturated rings. The molecule has 1 aliphatic heterocycles. The number of carbonyl (C=O) groups excluding carboxylic acids is 1. The Labute approximate surface area is 246 Å². The Balaban J connectivity index is 1.41. The number of sulfonamides is 1. The first kappa shape index (κ1) is 29.2. The molecule has 0 radical (unpaired) electrons. The van der Waals surface area contributed by atoms with Gasteiger partial charge in [-0.2, -0.15) is 0 Å². The summed E-state index contributed by atoms with van der Waals surface area (Å²) in [4.78, 5) is 23.1. The molecule has 41 heavy (non-hydrogen) atoms. The number of para-hydroxylation sites is 2. The molecule has 1 aromatic heterocycles. The molecule has 0 aliphatic carbocycles. The van der Waals surface area contributed by atoms with Gasteiger partial charge in [-0.15, -0.1) is 0 Å². The minimum Gasteiger partial charge on any atom is -0.379 e. The molecular formula is C31H36N4O4S2. The Bertz CT molecular complexity index is 1570. The summed E-state index contributed by atoms with van der Waals surface area (Å²) in [5, 5.41) is 0.658. The number of nitrogens with zero attached hydrogens (tertiary/aromatic N) is 4. The summed E-state index contributed by atoms with van der Waals surface area (Å²) in [6, 6.07) is 21.4. The third kappa shape index (κ3) is 6.46. The standard InChI is InChI=1S/C31H36N4O4S2/c1-3-24-10-8-13-28-29(24)32-31(40-28)34(19-9-18-33-20-22-39-23-21-33)30(36)25-14-16-27(17-15-25)41(37,38)35(4-2)26-11-6-5-7-12-26/h5-8,10-17H,3-4,9,18-23H2,1-2H3. The fourth-order valence-electron chi connectivity index (χ4n) is 5.09. The summed E-state index contributed by atoms with van der Waals surface area (Å²) in [5.41, 5.74) is 3.11. The van der Waals surface area contributed by atoms with Crippen LogP contribution >= 0.6 is 11.3 Å². The van der Waals surface area contributed by atoms with E-state index < -0.39 is 10.0 Å². The molecule has 10 heteroatoms. The van der Waals surface area contributed by atoms with E-state index in [2.05, 4.69) is 17.9 Å². The Morgan fingerprint density at radius 2 is 1.71 bits per heavy atom. The van der Waals surface area contributed by atoms with Crippen LogP contribution in [0.15, 0.2) is 77.7 Å². The van der Waals surface area contributed by atoms with Gasteiger partial charge in [0.1, 0.15) is 0 Å². The molecule has 4 aromatic rings. The number of benzene rings is 3. The summed E-state index contributed by atoms with van der Waals surface area (Å²) >= 11 is 1.51. The van der Waals surface area contributed by atoms with E-state index in [1.54, 1.807) is 36.1 Å². The zero-order valence-electron chi connectivity index (χ0n) is 23.5. The van der Waals surface area contributed by atoms with Crippen LogP contribution in [0.25, 0.3) is 10.2 Å². The number of aromatic nitrogens is 1. The fraction of sp³-hybridized carbons (Fsp3) is 0.355. The first-order valence-electron chi connectivity index (χ1n) is 14.1. The molecule has 0 bridgehead atoms. The van der Waals surface area contributed by atoms with Crippen LogP contribution < -0.4 is 9.21 Å². The van der Waals surface area contributed by atoms with Crippen molar-refractivity contribution in [1.82, 2.24) is 9.88 Å². The number of carbonyl (C=O) groups is 1. The molecule has 1 aliphatic rings. The van der Waals surface area contributed by atoms with Crippen molar-refractivity contribution in [2.24, 2.45) is 0 Å². The average Bonchev–Trinajstić information content (AvgIpc) is 3.45. The zero-order chi connectivity index (χ0) is 28.8. The molecule has 0 unspecified atom stereocenters. The molecule has 8 nitrogen and oxygen atoms in total. The Morgan fingerprint density at radius 3 is 2.39 bits per heavy atom. The normalized spacial score (nSPS) is 14.3. The largest absolute Gasteiger partial charge is 0.379 e. The van der Waals surface area contributed by atoms with Gasteiger partial charge in [-0.3, -0.25) is 18.9 Å².